The van der Waals surface area contributed by atoms with Crippen molar-refractivity contribution in [1.29, 1.82) is 0 Å². The van der Waals surface area contributed by atoms with Crippen LogP contribution >= 0.6 is 0 Å². The Hall–Kier alpha value is -2.11. The van der Waals surface area contributed by atoms with Crippen LogP contribution < -0.4 is 11.1 Å². The van der Waals surface area contributed by atoms with Gasteiger partial charge in [-0.2, -0.15) is 0 Å². The second kappa shape index (κ2) is 5.03. The number of amides is 2. The van der Waals surface area contributed by atoms with Crippen LogP contribution in [0.25, 0.3) is 0 Å². The fraction of sp³-hybridized carbons (Fsp3) is 0.417. The smallest absolute Gasteiger partial charge is 0.273 e. The van der Waals surface area contributed by atoms with Gasteiger partial charge in [-0.3, -0.25) is 9.59 Å². The third-order valence-electron chi connectivity index (χ3n) is 3.07. The van der Waals surface area contributed by atoms with E-state index in [2.05, 4.69) is 10.3 Å². The molecule has 0 unspecified atom stereocenters. The van der Waals surface area contributed by atoms with Crippen LogP contribution in [0.5, 0.6) is 0 Å². The summed E-state index contributed by atoms with van der Waals surface area (Å²) in [5.41, 5.74) is 5.57. The number of nitrogens with zero attached hydrogens (tertiary/aromatic N) is 1. The maximum atomic E-state index is 12.0. The van der Waals surface area contributed by atoms with Gasteiger partial charge in [0.1, 0.15) is 5.76 Å². The molecule has 0 aliphatic heterocycles. The highest BCUT2D eigenvalue weighted by Gasteiger charge is 2.29. The molecule has 96 valence electrons. The van der Waals surface area contributed by atoms with E-state index in [0.717, 1.165) is 0 Å². The fourth-order valence-electron chi connectivity index (χ4n) is 2.05. The molecule has 2 atom stereocenters. The summed E-state index contributed by atoms with van der Waals surface area (Å²) in [7, 11) is 0. The standard InChI is InChI=1S/C12H15N3O3/c1-7-10(14-6-18-7)12(17)15-9-5-3-2-4-8(9)11(13)16/h2-3,6,8-9H,4-5H2,1H3,(H2,13,16)(H,15,17)/t8-,9-/m1/s1. The molecule has 18 heavy (non-hydrogen) atoms. The molecule has 0 bridgehead atoms. The van der Waals surface area contributed by atoms with Gasteiger partial charge in [-0.15, -0.1) is 0 Å². The normalized spacial score (nSPS) is 22.7. The quantitative estimate of drug-likeness (QED) is 0.763. The first kappa shape index (κ1) is 12.3. The van der Waals surface area contributed by atoms with Gasteiger partial charge >= 0.3 is 0 Å². The zero-order chi connectivity index (χ0) is 13.1. The number of carbonyl (C=O) groups is 2. The molecule has 0 radical (unpaired) electrons. The minimum absolute atomic E-state index is 0.243. The summed E-state index contributed by atoms with van der Waals surface area (Å²) in [6.07, 6.45) is 6.20. The summed E-state index contributed by atoms with van der Waals surface area (Å²) in [6, 6.07) is -0.281. The Morgan fingerprint density at radius 3 is 2.78 bits per heavy atom. The Balaban J connectivity index is 2.08. The molecule has 1 aromatic heterocycles. The van der Waals surface area contributed by atoms with E-state index in [1.807, 2.05) is 12.2 Å². The number of hydrogen-bond acceptors (Lipinski definition) is 4. The summed E-state index contributed by atoms with van der Waals surface area (Å²) in [4.78, 5) is 27.1. The molecule has 1 heterocycles. The van der Waals surface area contributed by atoms with Crippen molar-refractivity contribution < 1.29 is 14.0 Å². The summed E-state index contributed by atoms with van der Waals surface area (Å²) in [5.74, 6) is -0.657. The summed E-state index contributed by atoms with van der Waals surface area (Å²) in [5, 5.41) is 2.78. The second-order valence-corrected chi connectivity index (χ2v) is 4.29. The summed E-state index contributed by atoms with van der Waals surface area (Å²) < 4.78 is 4.97. The van der Waals surface area contributed by atoms with E-state index in [1.165, 1.54) is 6.39 Å². The summed E-state index contributed by atoms with van der Waals surface area (Å²) >= 11 is 0. The van der Waals surface area contributed by atoms with E-state index in [1.54, 1.807) is 6.92 Å². The lowest BCUT2D eigenvalue weighted by Gasteiger charge is -2.26. The van der Waals surface area contributed by atoms with Crippen LogP contribution in [0.15, 0.2) is 23.0 Å². The number of aryl methyl sites for hydroxylation is 1. The fourth-order valence-corrected chi connectivity index (χ4v) is 2.05. The lowest BCUT2D eigenvalue weighted by molar-refractivity contribution is -0.122. The molecular formula is C12H15N3O3. The Kier molecular flexibility index (Phi) is 3.45. The van der Waals surface area contributed by atoms with Crippen LogP contribution in [0.1, 0.15) is 29.1 Å². The van der Waals surface area contributed by atoms with Gasteiger partial charge in [-0.1, -0.05) is 12.2 Å². The van der Waals surface area contributed by atoms with E-state index in [9.17, 15) is 9.59 Å². The highest BCUT2D eigenvalue weighted by atomic mass is 16.3. The molecule has 1 aliphatic rings. The third kappa shape index (κ3) is 2.42. The Morgan fingerprint density at radius 2 is 2.17 bits per heavy atom. The number of nitrogens with one attached hydrogen (secondary N) is 1. The van der Waals surface area contributed by atoms with Crippen molar-refractivity contribution in [2.45, 2.75) is 25.8 Å². The molecule has 1 aliphatic carbocycles. The zero-order valence-corrected chi connectivity index (χ0v) is 10.1. The molecule has 6 heteroatoms. The molecule has 0 saturated heterocycles. The SMILES string of the molecule is Cc1ocnc1C(=O)N[C@@H]1CC=CC[C@H]1C(N)=O. The maximum absolute atomic E-state index is 12.0. The van der Waals surface area contributed by atoms with Crippen LogP contribution in [-0.4, -0.2) is 22.8 Å². The van der Waals surface area contributed by atoms with Crippen LogP contribution in [0.4, 0.5) is 0 Å². The number of nitrogens with two attached hydrogens (primary N) is 1. The lowest BCUT2D eigenvalue weighted by atomic mass is 9.88. The van der Waals surface area contributed by atoms with Gasteiger partial charge in [-0.05, 0) is 19.8 Å². The number of primary amides is 1. The monoisotopic (exact) mass is 249 g/mol. The molecule has 2 amide bonds. The molecule has 3 N–H and O–H groups in total. The van der Waals surface area contributed by atoms with Gasteiger partial charge in [0.2, 0.25) is 5.91 Å². The number of oxazole rings is 1. The first-order chi connectivity index (χ1) is 8.59. The average molecular weight is 249 g/mol. The first-order valence-corrected chi connectivity index (χ1v) is 5.75. The van der Waals surface area contributed by atoms with Crippen LogP contribution in [0.2, 0.25) is 0 Å². The third-order valence-corrected chi connectivity index (χ3v) is 3.07. The molecule has 1 aromatic rings. The molecule has 2 rings (SSSR count). The Labute approximate surface area is 104 Å². The Bertz CT molecular complexity index is 493. The molecule has 0 aromatic carbocycles. The number of hydrogen-bond donors (Lipinski definition) is 2. The Morgan fingerprint density at radius 1 is 1.44 bits per heavy atom. The topological polar surface area (TPSA) is 98.2 Å². The number of carbonyl (C=O) groups excluding carboxylic acids is 2. The largest absolute Gasteiger partial charge is 0.448 e. The van der Waals surface area contributed by atoms with Gasteiger partial charge < -0.3 is 15.5 Å². The molecular weight excluding hydrogens is 234 g/mol. The highest BCUT2D eigenvalue weighted by molar-refractivity contribution is 5.93. The van der Waals surface area contributed by atoms with Gasteiger partial charge in [0.05, 0.1) is 5.92 Å². The van der Waals surface area contributed by atoms with Crippen molar-refractivity contribution in [2.75, 3.05) is 0 Å². The minimum Gasteiger partial charge on any atom is -0.448 e. The highest BCUT2D eigenvalue weighted by Crippen LogP contribution is 2.19. The van der Waals surface area contributed by atoms with E-state index < -0.39 is 5.91 Å². The average Bonchev–Trinajstić information content (AvgIpc) is 2.76. The van der Waals surface area contributed by atoms with Crippen LogP contribution in [0, 0.1) is 12.8 Å². The van der Waals surface area contributed by atoms with E-state index >= 15 is 0 Å². The number of allylic oxidation sites excluding steroid dienone is 1. The summed E-state index contributed by atoms with van der Waals surface area (Å²) in [6.45, 7) is 1.66. The number of rotatable bonds is 3. The minimum atomic E-state index is -0.401. The molecule has 0 spiro atoms. The van der Waals surface area contributed by atoms with Crippen LogP contribution in [-0.2, 0) is 4.79 Å². The second-order valence-electron chi connectivity index (χ2n) is 4.29. The van der Waals surface area contributed by atoms with E-state index in [-0.39, 0.29) is 23.6 Å². The van der Waals surface area contributed by atoms with Crippen LogP contribution in [0.3, 0.4) is 0 Å². The molecule has 0 saturated carbocycles. The van der Waals surface area contributed by atoms with Gasteiger partial charge in [0, 0.05) is 6.04 Å². The molecule has 0 fully saturated rings. The lowest BCUT2D eigenvalue weighted by Crippen LogP contribution is -2.46. The van der Waals surface area contributed by atoms with Gasteiger partial charge in [-0.25, -0.2) is 4.98 Å². The maximum Gasteiger partial charge on any atom is 0.273 e. The zero-order valence-electron chi connectivity index (χ0n) is 10.1. The van der Waals surface area contributed by atoms with Gasteiger partial charge in [0.25, 0.3) is 5.91 Å². The predicted molar refractivity (Wildman–Crippen MR) is 63.6 cm³/mol. The first-order valence-electron chi connectivity index (χ1n) is 5.75. The van der Waals surface area contributed by atoms with Crippen molar-refractivity contribution in [2.24, 2.45) is 11.7 Å². The van der Waals surface area contributed by atoms with Gasteiger partial charge in [0.15, 0.2) is 12.1 Å². The van der Waals surface area contributed by atoms with E-state index in [0.29, 0.717) is 18.6 Å². The predicted octanol–water partition coefficient (Wildman–Crippen LogP) is 0.533. The van der Waals surface area contributed by atoms with Crippen molar-refractivity contribution >= 4 is 11.8 Å². The van der Waals surface area contributed by atoms with Crippen molar-refractivity contribution in [3.63, 3.8) is 0 Å². The molecule has 6 nitrogen and oxygen atoms in total. The van der Waals surface area contributed by atoms with E-state index in [4.69, 9.17) is 10.2 Å². The number of aromatic nitrogens is 1. The van der Waals surface area contributed by atoms with Crippen molar-refractivity contribution in [3.8, 4) is 0 Å². The van der Waals surface area contributed by atoms with Crippen molar-refractivity contribution in [3.05, 3.63) is 30.0 Å². The van der Waals surface area contributed by atoms with Crippen molar-refractivity contribution in [1.82, 2.24) is 10.3 Å².